The van der Waals surface area contributed by atoms with Crippen molar-refractivity contribution in [2.24, 2.45) is 0 Å². The van der Waals surface area contributed by atoms with Crippen LogP contribution in [0.4, 0.5) is 5.69 Å². The average molecular weight is 396 g/mol. The summed E-state index contributed by atoms with van der Waals surface area (Å²) in [5, 5.41) is 13.5. The van der Waals surface area contributed by atoms with Crippen LogP contribution < -0.4 is 10.1 Å². The maximum atomic E-state index is 12.1. The molecule has 1 unspecified atom stereocenters. The molecule has 2 heterocycles. The second-order valence-corrected chi connectivity index (χ2v) is 6.12. The first-order valence-corrected chi connectivity index (χ1v) is 8.55. The first kappa shape index (κ1) is 20.7. The number of benzene rings is 1. The summed E-state index contributed by atoms with van der Waals surface area (Å²) in [6, 6.07) is 9.40. The third-order valence-corrected chi connectivity index (χ3v) is 4.36. The van der Waals surface area contributed by atoms with E-state index in [1.54, 1.807) is 6.26 Å². The van der Waals surface area contributed by atoms with Gasteiger partial charge >= 0.3 is 0 Å². The summed E-state index contributed by atoms with van der Waals surface area (Å²) in [5.41, 5.74) is -0.0197. The molecule has 0 radical (unpaired) electrons. The van der Waals surface area contributed by atoms with Crippen molar-refractivity contribution in [2.75, 3.05) is 26.2 Å². The normalized spacial score (nSPS) is 15.0. The molecule has 1 aromatic carbocycles. The van der Waals surface area contributed by atoms with Gasteiger partial charge in [0.2, 0.25) is 0 Å². The van der Waals surface area contributed by atoms with Gasteiger partial charge in [-0.15, -0.1) is 12.4 Å². The maximum Gasteiger partial charge on any atom is 0.269 e. The highest BCUT2D eigenvalue weighted by Gasteiger charge is 2.25. The molecule has 1 aromatic heterocycles. The third kappa shape index (κ3) is 5.70. The summed E-state index contributed by atoms with van der Waals surface area (Å²) < 4.78 is 10.9. The van der Waals surface area contributed by atoms with E-state index in [-0.39, 0.29) is 36.7 Å². The Morgan fingerprint density at radius 1 is 1.26 bits per heavy atom. The molecule has 8 nitrogen and oxygen atoms in total. The number of nitrogens with zero attached hydrogens (tertiary/aromatic N) is 2. The summed E-state index contributed by atoms with van der Waals surface area (Å²) >= 11 is 0. The molecular formula is C18H22ClN3O5. The van der Waals surface area contributed by atoms with Gasteiger partial charge in [-0.1, -0.05) is 0 Å². The Kier molecular flexibility index (Phi) is 7.63. The molecule has 146 valence electrons. The molecule has 2 aromatic rings. The Morgan fingerprint density at radius 3 is 2.56 bits per heavy atom. The van der Waals surface area contributed by atoms with E-state index < -0.39 is 4.92 Å². The van der Waals surface area contributed by atoms with Gasteiger partial charge in [0.15, 0.2) is 6.61 Å². The van der Waals surface area contributed by atoms with Crippen molar-refractivity contribution in [1.82, 2.24) is 10.2 Å². The van der Waals surface area contributed by atoms with Crippen LogP contribution in [0.25, 0.3) is 0 Å². The van der Waals surface area contributed by atoms with E-state index in [0.29, 0.717) is 12.3 Å². The number of likely N-dealkylation sites (tertiary alicyclic amines) is 1. The fourth-order valence-electron chi connectivity index (χ4n) is 3.02. The fourth-order valence-corrected chi connectivity index (χ4v) is 3.02. The van der Waals surface area contributed by atoms with E-state index in [1.165, 1.54) is 24.3 Å². The lowest BCUT2D eigenvalue weighted by atomic mass is 10.2. The van der Waals surface area contributed by atoms with Gasteiger partial charge in [-0.2, -0.15) is 0 Å². The first-order chi connectivity index (χ1) is 12.6. The predicted molar refractivity (Wildman–Crippen MR) is 101 cm³/mol. The molecule has 1 saturated heterocycles. The monoisotopic (exact) mass is 395 g/mol. The number of amides is 1. The Bertz CT molecular complexity index is 730. The van der Waals surface area contributed by atoms with Crippen LogP contribution in [-0.2, 0) is 4.79 Å². The number of carbonyl (C=O) groups is 1. The molecule has 1 amide bonds. The van der Waals surface area contributed by atoms with Crippen molar-refractivity contribution in [2.45, 2.75) is 18.9 Å². The van der Waals surface area contributed by atoms with Crippen molar-refractivity contribution in [3.8, 4) is 5.75 Å². The molecule has 27 heavy (non-hydrogen) atoms. The lowest BCUT2D eigenvalue weighted by Crippen LogP contribution is -2.38. The number of non-ortho nitro benzene ring substituents is 1. The summed E-state index contributed by atoms with van der Waals surface area (Å²) in [5.74, 6) is 0.996. The van der Waals surface area contributed by atoms with Crippen LogP contribution in [0.2, 0.25) is 0 Å². The largest absolute Gasteiger partial charge is 0.484 e. The van der Waals surface area contributed by atoms with Crippen molar-refractivity contribution in [3.63, 3.8) is 0 Å². The summed E-state index contributed by atoms with van der Waals surface area (Å²) in [7, 11) is 0. The predicted octanol–water partition coefficient (Wildman–Crippen LogP) is 2.94. The van der Waals surface area contributed by atoms with Crippen LogP contribution in [0, 0.1) is 10.1 Å². The summed E-state index contributed by atoms with van der Waals surface area (Å²) in [6.45, 7) is 2.26. The average Bonchev–Trinajstić information content (AvgIpc) is 3.35. The SMILES string of the molecule is Cl.O=C(COc1ccc([N+](=O)[O-])cc1)NCC(c1ccco1)N1CCCC1. The topological polar surface area (TPSA) is 97.8 Å². The molecule has 1 fully saturated rings. The fraction of sp³-hybridized carbons (Fsp3) is 0.389. The lowest BCUT2D eigenvalue weighted by molar-refractivity contribution is -0.384. The van der Waals surface area contributed by atoms with Crippen LogP contribution in [-0.4, -0.2) is 42.0 Å². The molecule has 1 N–H and O–H groups in total. The van der Waals surface area contributed by atoms with Gasteiger partial charge in [-0.25, -0.2) is 0 Å². The second-order valence-electron chi connectivity index (χ2n) is 6.12. The number of halogens is 1. The van der Waals surface area contributed by atoms with Crippen molar-refractivity contribution in [1.29, 1.82) is 0 Å². The Balaban J connectivity index is 0.00000261. The molecule has 0 bridgehead atoms. The van der Waals surface area contributed by atoms with Gasteiger partial charge in [0.1, 0.15) is 11.5 Å². The lowest BCUT2D eigenvalue weighted by Gasteiger charge is -2.26. The number of nitro benzene ring substituents is 1. The van der Waals surface area contributed by atoms with E-state index in [4.69, 9.17) is 9.15 Å². The quantitative estimate of drug-likeness (QED) is 0.545. The minimum atomic E-state index is -0.483. The van der Waals surface area contributed by atoms with Gasteiger partial charge in [-0.3, -0.25) is 19.8 Å². The number of furan rings is 1. The van der Waals surface area contributed by atoms with Gasteiger partial charge in [-0.05, 0) is 50.2 Å². The number of nitrogens with one attached hydrogen (secondary N) is 1. The van der Waals surface area contributed by atoms with E-state index in [0.717, 1.165) is 31.7 Å². The maximum absolute atomic E-state index is 12.1. The van der Waals surface area contributed by atoms with Crippen LogP contribution in [0.3, 0.4) is 0 Å². The van der Waals surface area contributed by atoms with Gasteiger partial charge < -0.3 is 14.5 Å². The molecule has 9 heteroatoms. The molecule has 0 saturated carbocycles. The molecule has 3 rings (SSSR count). The van der Waals surface area contributed by atoms with Crippen molar-refractivity contribution in [3.05, 3.63) is 58.5 Å². The van der Waals surface area contributed by atoms with Crippen molar-refractivity contribution >= 4 is 24.0 Å². The third-order valence-electron chi connectivity index (χ3n) is 4.36. The highest BCUT2D eigenvalue weighted by molar-refractivity contribution is 5.85. The Labute approximate surface area is 163 Å². The highest BCUT2D eigenvalue weighted by atomic mass is 35.5. The zero-order chi connectivity index (χ0) is 18.4. The van der Waals surface area contributed by atoms with Crippen molar-refractivity contribution < 1.29 is 18.9 Å². The second kappa shape index (κ2) is 9.94. The smallest absolute Gasteiger partial charge is 0.269 e. The highest BCUT2D eigenvalue weighted by Crippen LogP contribution is 2.24. The molecule has 1 aliphatic heterocycles. The van der Waals surface area contributed by atoms with Gasteiger partial charge in [0, 0.05) is 18.7 Å². The zero-order valence-corrected chi connectivity index (χ0v) is 15.5. The molecule has 0 aliphatic carbocycles. The molecule has 1 atom stereocenters. The number of nitro groups is 1. The number of hydrogen-bond acceptors (Lipinski definition) is 6. The summed E-state index contributed by atoms with van der Waals surface area (Å²) in [6.07, 6.45) is 3.93. The Morgan fingerprint density at radius 2 is 1.96 bits per heavy atom. The minimum absolute atomic E-state index is 0. The van der Waals surface area contributed by atoms with E-state index in [9.17, 15) is 14.9 Å². The van der Waals surface area contributed by atoms with Crippen LogP contribution >= 0.6 is 12.4 Å². The Hall–Kier alpha value is -2.58. The van der Waals surface area contributed by atoms with Crippen LogP contribution in [0.5, 0.6) is 5.75 Å². The number of ether oxygens (including phenoxy) is 1. The first-order valence-electron chi connectivity index (χ1n) is 8.55. The van der Waals surface area contributed by atoms with E-state index in [1.807, 2.05) is 12.1 Å². The van der Waals surface area contributed by atoms with E-state index >= 15 is 0 Å². The van der Waals surface area contributed by atoms with Crippen LogP contribution in [0.1, 0.15) is 24.6 Å². The van der Waals surface area contributed by atoms with Gasteiger partial charge in [0.25, 0.3) is 11.6 Å². The van der Waals surface area contributed by atoms with Crippen LogP contribution in [0.15, 0.2) is 47.1 Å². The number of hydrogen-bond donors (Lipinski definition) is 1. The summed E-state index contributed by atoms with van der Waals surface area (Å²) in [4.78, 5) is 24.5. The molecule has 1 aliphatic rings. The zero-order valence-electron chi connectivity index (χ0n) is 14.7. The number of carbonyl (C=O) groups excluding carboxylic acids is 1. The molecular weight excluding hydrogens is 374 g/mol. The molecule has 0 spiro atoms. The number of rotatable bonds is 8. The van der Waals surface area contributed by atoms with Gasteiger partial charge in [0.05, 0.1) is 17.2 Å². The standard InChI is InChI=1S/C18H21N3O5.ClH/c22-18(13-26-15-7-5-14(6-8-15)21(23)24)19-12-16(17-4-3-11-25-17)20-9-1-2-10-20;/h3-8,11,16H,1-2,9-10,12-13H2,(H,19,22);1H. The van der Waals surface area contributed by atoms with E-state index in [2.05, 4.69) is 10.2 Å². The minimum Gasteiger partial charge on any atom is -0.484 e.